The van der Waals surface area contributed by atoms with Crippen molar-refractivity contribution >= 4 is 16.0 Å². The third-order valence-corrected chi connectivity index (χ3v) is 4.66. The maximum absolute atomic E-state index is 12.1. The molecule has 2 N–H and O–H groups in total. The Kier molecular flexibility index (Phi) is 3.93. The number of carboxylic acid groups (broad SMARTS) is 1. The first-order valence-corrected chi connectivity index (χ1v) is 8.22. The van der Waals surface area contributed by atoms with E-state index in [1.165, 1.54) is 24.3 Å². The molecule has 120 valence electrons. The van der Waals surface area contributed by atoms with Crippen molar-refractivity contribution in [2.24, 2.45) is 0 Å². The molecule has 2 aromatic carbocycles. The molecular formula is C15H13NO6S. The van der Waals surface area contributed by atoms with Crippen LogP contribution in [-0.4, -0.2) is 32.6 Å². The van der Waals surface area contributed by atoms with Gasteiger partial charge in [0.2, 0.25) is 10.0 Å². The van der Waals surface area contributed by atoms with Gasteiger partial charge in [-0.1, -0.05) is 6.07 Å². The van der Waals surface area contributed by atoms with E-state index in [-0.39, 0.29) is 35.1 Å². The van der Waals surface area contributed by atoms with Crippen LogP contribution in [0.2, 0.25) is 0 Å². The second-order valence-corrected chi connectivity index (χ2v) is 6.53. The van der Waals surface area contributed by atoms with Gasteiger partial charge < -0.3 is 14.6 Å². The van der Waals surface area contributed by atoms with Gasteiger partial charge in [0, 0.05) is 12.6 Å². The molecule has 0 unspecified atom stereocenters. The number of carboxylic acids is 1. The van der Waals surface area contributed by atoms with Crippen LogP contribution in [0.4, 0.5) is 0 Å². The quantitative estimate of drug-likeness (QED) is 0.887. The van der Waals surface area contributed by atoms with Crippen molar-refractivity contribution < 1.29 is 27.8 Å². The first-order valence-electron chi connectivity index (χ1n) is 6.73. The van der Waals surface area contributed by atoms with E-state index in [9.17, 15) is 13.2 Å². The van der Waals surface area contributed by atoms with Gasteiger partial charge in [-0.15, -0.1) is 0 Å². The van der Waals surface area contributed by atoms with E-state index in [1.807, 2.05) is 0 Å². The molecule has 0 atom stereocenters. The van der Waals surface area contributed by atoms with Crippen LogP contribution in [0, 0.1) is 0 Å². The van der Waals surface area contributed by atoms with E-state index >= 15 is 0 Å². The summed E-state index contributed by atoms with van der Waals surface area (Å²) in [6, 6.07) is 10.3. The van der Waals surface area contributed by atoms with E-state index in [4.69, 9.17) is 14.6 Å². The van der Waals surface area contributed by atoms with Crippen LogP contribution < -0.4 is 14.2 Å². The average Bonchev–Trinajstić information content (AvgIpc) is 2.66. The number of aromatic carboxylic acids is 1. The highest BCUT2D eigenvalue weighted by Crippen LogP contribution is 2.32. The Bertz CT molecular complexity index is 862. The molecule has 3 rings (SSSR count). The van der Waals surface area contributed by atoms with Crippen LogP contribution in [0.5, 0.6) is 17.2 Å². The molecule has 0 fully saturated rings. The highest BCUT2D eigenvalue weighted by atomic mass is 32.2. The Labute approximate surface area is 132 Å². The predicted octanol–water partition coefficient (Wildman–Crippen LogP) is 1.85. The fraction of sp³-hybridized carbons (Fsp3) is 0.133. The lowest BCUT2D eigenvalue weighted by molar-refractivity contribution is 0.0696. The topological polar surface area (TPSA) is 102 Å². The molecule has 0 bridgehead atoms. The average molecular weight is 335 g/mol. The zero-order valence-electron chi connectivity index (χ0n) is 11.9. The fourth-order valence-electron chi connectivity index (χ4n) is 2.12. The van der Waals surface area contributed by atoms with Crippen LogP contribution in [0.3, 0.4) is 0 Å². The smallest absolute Gasteiger partial charge is 0.335 e. The van der Waals surface area contributed by atoms with Crippen LogP contribution in [-0.2, 0) is 10.0 Å². The highest BCUT2D eigenvalue weighted by Gasteiger charge is 2.23. The summed E-state index contributed by atoms with van der Waals surface area (Å²) in [6.45, 7) is 0.431. The second-order valence-electron chi connectivity index (χ2n) is 4.79. The Balaban J connectivity index is 1.95. The Morgan fingerprint density at radius 1 is 1.17 bits per heavy atom. The molecule has 0 spiro atoms. The fourth-order valence-corrected chi connectivity index (χ4v) is 3.30. The molecule has 2 aromatic rings. The molecule has 1 heterocycles. The van der Waals surface area contributed by atoms with Crippen molar-refractivity contribution in [3.8, 4) is 17.2 Å². The molecule has 1 aliphatic rings. The minimum Gasteiger partial charge on any atom is -0.491 e. The number of ether oxygens (including phenoxy) is 2. The Hall–Kier alpha value is -2.58. The van der Waals surface area contributed by atoms with Crippen LogP contribution in [0.25, 0.3) is 0 Å². The third kappa shape index (κ3) is 3.27. The van der Waals surface area contributed by atoms with Gasteiger partial charge in [-0.2, -0.15) is 0 Å². The number of hydrogen-bond acceptors (Lipinski definition) is 5. The van der Waals surface area contributed by atoms with Crippen LogP contribution in [0.15, 0.2) is 47.4 Å². The van der Waals surface area contributed by atoms with Gasteiger partial charge in [0.25, 0.3) is 0 Å². The zero-order valence-corrected chi connectivity index (χ0v) is 12.7. The molecule has 0 aliphatic carbocycles. The van der Waals surface area contributed by atoms with E-state index in [1.54, 1.807) is 18.2 Å². The molecule has 23 heavy (non-hydrogen) atoms. The van der Waals surface area contributed by atoms with Crippen molar-refractivity contribution in [2.75, 3.05) is 13.2 Å². The van der Waals surface area contributed by atoms with Gasteiger partial charge in [0.05, 0.1) is 5.56 Å². The van der Waals surface area contributed by atoms with Crippen molar-refractivity contribution in [3.63, 3.8) is 0 Å². The maximum atomic E-state index is 12.1. The van der Waals surface area contributed by atoms with Crippen molar-refractivity contribution in [1.82, 2.24) is 4.72 Å². The monoisotopic (exact) mass is 335 g/mol. The van der Waals surface area contributed by atoms with Gasteiger partial charge in [0.15, 0.2) is 0 Å². The normalized spacial score (nSPS) is 15.8. The van der Waals surface area contributed by atoms with Crippen LogP contribution in [0.1, 0.15) is 10.4 Å². The van der Waals surface area contributed by atoms with Gasteiger partial charge in [-0.05, 0) is 30.3 Å². The molecule has 8 heteroatoms. The lowest BCUT2D eigenvalue weighted by atomic mass is 10.2. The van der Waals surface area contributed by atoms with Crippen molar-refractivity contribution in [1.29, 1.82) is 0 Å². The summed E-state index contributed by atoms with van der Waals surface area (Å²) < 4.78 is 37.6. The third-order valence-electron chi connectivity index (χ3n) is 3.17. The predicted molar refractivity (Wildman–Crippen MR) is 80.6 cm³/mol. The Morgan fingerprint density at radius 3 is 2.74 bits per heavy atom. The number of rotatable bonds is 3. The highest BCUT2D eigenvalue weighted by molar-refractivity contribution is 7.89. The SMILES string of the molecule is O=C(O)c1cccc(Oc2ccc3c(c2)S(=O)(=O)NCCO3)c1. The minimum atomic E-state index is -3.66. The van der Waals surface area contributed by atoms with E-state index in [0.717, 1.165) is 0 Å². The maximum Gasteiger partial charge on any atom is 0.335 e. The molecule has 0 amide bonds. The summed E-state index contributed by atoms with van der Waals surface area (Å²) in [5, 5.41) is 8.97. The zero-order chi connectivity index (χ0) is 16.4. The summed E-state index contributed by atoms with van der Waals surface area (Å²) in [6.07, 6.45) is 0. The number of carbonyl (C=O) groups is 1. The summed E-state index contributed by atoms with van der Waals surface area (Å²) >= 11 is 0. The number of sulfonamides is 1. The van der Waals surface area contributed by atoms with E-state index in [2.05, 4.69) is 4.72 Å². The lowest BCUT2D eigenvalue weighted by Gasteiger charge is -2.10. The number of nitrogens with one attached hydrogen (secondary N) is 1. The minimum absolute atomic E-state index is 0.0121. The summed E-state index contributed by atoms with van der Waals surface area (Å²) in [7, 11) is -3.66. The van der Waals surface area contributed by atoms with E-state index in [0.29, 0.717) is 5.75 Å². The number of fused-ring (bicyclic) bond motifs is 1. The molecule has 0 saturated carbocycles. The number of benzene rings is 2. The summed E-state index contributed by atoms with van der Waals surface area (Å²) in [5.74, 6) is -0.258. The van der Waals surface area contributed by atoms with Crippen molar-refractivity contribution in [3.05, 3.63) is 48.0 Å². The molecule has 0 saturated heterocycles. The molecule has 1 aliphatic heterocycles. The molecular weight excluding hydrogens is 322 g/mol. The molecule has 0 radical (unpaired) electrons. The standard InChI is InChI=1S/C15H13NO6S/c17-15(18)10-2-1-3-11(8-10)22-12-4-5-13-14(9-12)23(19,20)16-6-7-21-13/h1-5,8-9,16H,6-7H2,(H,17,18). The molecule has 0 aromatic heterocycles. The van der Waals surface area contributed by atoms with Crippen molar-refractivity contribution in [2.45, 2.75) is 4.90 Å². The lowest BCUT2D eigenvalue weighted by Crippen LogP contribution is -2.24. The molecule has 7 nitrogen and oxygen atoms in total. The first-order chi connectivity index (χ1) is 11.0. The van der Waals surface area contributed by atoms with Gasteiger partial charge in [-0.3, -0.25) is 0 Å². The summed E-state index contributed by atoms with van der Waals surface area (Å²) in [5.41, 5.74) is 0.0786. The Morgan fingerprint density at radius 2 is 1.96 bits per heavy atom. The van der Waals surface area contributed by atoms with Gasteiger partial charge >= 0.3 is 5.97 Å². The van der Waals surface area contributed by atoms with Gasteiger partial charge in [-0.25, -0.2) is 17.9 Å². The first kappa shape index (κ1) is 15.3. The summed E-state index contributed by atoms with van der Waals surface area (Å²) in [4.78, 5) is 10.9. The largest absolute Gasteiger partial charge is 0.491 e. The van der Waals surface area contributed by atoms with Crippen LogP contribution >= 0.6 is 0 Å². The van der Waals surface area contributed by atoms with Gasteiger partial charge in [0.1, 0.15) is 28.8 Å². The second kappa shape index (κ2) is 5.90. The van der Waals surface area contributed by atoms with E-state index < -0.39 is 16.0 Å². The number of hydrogen-bond donors (Lipinski definition) is 2.